The molecule has 0 saturated heterocycles. The van der Waals surface area contributed by atoms with Crippen molar-refractivity contribution < 1.29 is 4.79 Å². The molecule has 1 N–H and O–H groups in total. The molecule has 2 nitrogen and oxygen atoms in total. The van der Waals surface area contributed by atoms with E-state index in [9.17, 15) is 4.79 Å². The molecule has 1 fully saturated rings. The van der Waals surface area contributed by atoms with E-state index in [4.69, 9.17) is 0 Å². The maximum Gasteiger partial charge on any atom is 0.224 e. The fraction of sp³-hybridized carbons (Fsp3) is 0.562. The van der Waals surface area contributed by atoms with Crippen LogP contribution in [0.3, 0.4) is 0 Å². The lowest BCUT2D eigenvalue weighted by atomic mass is 9.77. The van der Waals surface area contributed by atoms with Crippen LogP contribution < -0.4 is 5.32 Å². The normalized spacial score (nSPS) is 26.2. The first-order valence-corrected chi connectivity index (χ1v) is 9.06. The van der Waals surface area contributed by atoms with Gasteiger partial charge in [-0.05, 0) is 36.5 Å². The zero-order valence-electron chi connectivity index (χ0n) is 11.8. The molecule has 0 aliphatic heterocycles. The Hall–Kier alpha value is -0.350. The van der Waals surface area contributed by atoms with Crippen LogP contribution in [0.1, 0.15) is 38.2 Å². The van der Waals surface area contributed by atoms with Crippen LogP contribution in [0.5, 0.6) is 0 Å². The molecule has 1 aliphatic carbocycles. The molecule has 110 valence electrons. The van der Waals surface area contributed by atoms with Crippen molar-refractivity contribution >= 4 is 37.8 Å². The van der Waals surface area contributed by atoms with Gasteiger partial charge in [-0.25, -0.2) is 0 Å². The Balaban J connectivity index is 1.99. The van der Waals surface area contributed by atoms with E-state index in [1.165, 1.54) is 12.8 Å². The van der Waals surface area contributed by atoms with Crippen molar-refractivity contribution in [2.24, 2.45) is 5.92 Å². The van der Waals surface area contributed by atoms with Crippen molar-refractivity contribution in [1.29, 1.82) is 0 Å². The molecule has 0 radical (unpaired) electrons. The van der Waals surface area contributed by atoms with Gasteiger partial charge in [0.15, 0.2) is 0 Å². The Morgan fingerprint density at radius 1 is 1.50 bits per heavy atom. The highest BCUT2D eigenvalue weighted by molar-refractivity contribution is 9.10. The van der Waals surface area contributed by atoms with Gasteiger partial charge in [-0.15, -0.1) is 0 Å². The third kappa shape index (κ3) is 4.32. The molecule has 2 rings (SSSR count). The van der Waals surface area contributed by atoms with Gasteiger partial charge in [-0.1, -0.05) is 63.8 Å². The average molecular weight is 403 g/mol. The van der Waals surface area contributed by atoms with Crippen molar-refractivity contribution in [3.05, 3.63) is 34.3 Å². The van der Waals surface area contributed by atoms with Crippen LogP contribution in [0.25, 0.3) is 0 Å². The standard InChI is InChI=1S/C16H21Br2NO/c1-12-4-3-7-16(10-12,11-17)19-15(20)9-13-5-2-6-14(18)8-13/h2,5-6,8,12H,3-4,7,9-11H2,1H3,(H,19,20). The molecular weight excluding hydrogens is 382 g/mol. The van der Waals surface area contributed by atoms with Gasteiger partial charge in [0.2, 0.25) is 5.91 Å². The number of hydrogen-bond donors (Lipinski definition) is 1. The van der Waals surface area contributed by atoms with Crippen LogP contribution in [-0.2, 0) is 11.2 Å². The van der Waals surface area contributed by atoms with Crippen LogP contribution in [0.4, 0.5) is 0 Å². The topological polar surface area (TPSA) is 29.1 Å². The summed E-state index contributed by atoms with van der Waals surface area (Å²) in [6.07, 6.45) is 5.07. The van der Waals surface area contributed by atoms with Gasteiger partial charge in [0, 0.05) is 15.3 Å². The summed E-state index contributed by atoms with van der Waals surface area (Å²) in [5.74, 6) is 0.809. The largest absolute Gasteiger partial charge is 0.350 e. The second kappa shape index (κ2) is 7.08. The highest BCUT2D eigenvalue weighted by Gasteiger charge is 2.35. The molecule has 0 bridgehead atoms. The smallest absolute Gasteiger partial charge is 0.224 e. The predicted molar refractivity (Wildman–Crippen MR) is 90.1 cm³/mol. The summed E-state index contributed by atoms with van der Waals surface area (Å²) in [5, 5.41) is 4.12. The molecular formula is C16H21Br2NO. The SMILES string of the molecule is CC1CCCC(CBr)(NC(=O)Cc2cccc(Br)c2)C1. The summed E-state index contributed by atoms with van der Waals surface area (Å²) in [7, 11) is 0. The molecule has 0 spiro atoms. The van der Waals surface area contributed by atoms with E-state index >= 15 is 0 Å². The minimum absolute atomic E-state index is 0.0548. The molecule has 1 saturated carbocycles. The molecule has 4 heteroatoms. The lowest BCUT2D eigenvalue weighted by molar-refractivity contribution is -0.122. The van der Waals surface area contributed by atoms with Crippen LogP contribution in [0, 0.1) is 5.92 Å². The number of nitrogens with one attached hydrogen (secondary N) is 1. The number of rotatable bonds is 4. The molecule has 0 heterocycles. The Labute approximate surface area is 138 Å². The first kappa shape index (κ1) is 16.0. The number of halogens is 2. The lowest BCUT2D eigenvalue weighted by Gasteiger charge is -2.39. The molecule has 2 atom stereocenters. The lowest BCUT2D eigenvalue weighted by Crippen LogP contribution is -2.53. The number of alkyl halides is 1. The highest BCUT2D eigenvalue weighted by Crippen LogP contribution is 2.33. The molecule has 0 aromatic heterocycles. The van der Waals surface area contributed by atoms with Crippen molar-refractivity contribution in [2.45, 2.75) is 44.6 Å². The van der Waals surface area contributed by atoms with E-state index in [-0.39, 0.29) is 11.4 Å². The molecule has 1 amide bonds. The van der Waals surface area contributed by atoms with E-state index in [2.05, 4.69) is 44.1 Å². The number of carbonyl (C=O) groups is 1. The van der Waals surface area contributed by atoms with Crippen molar-refractivity contribution in [1.82, 2.24) is 5.32 Å². The van der Waals surface area contributed by atoms with Gasteiger partial charge in [0.1, 0.15) is 0 Å². The summed E-state index contributed by atoms with van der Waals surface area (Å²) in [5.41, 5.74) is 0.992. The van der Waals surface area contributed by atoms with Gasteiger partial charge in [0.25, 0.3) is 0 Å². The predicted octanol–water partition coefficient (Wildman–Crippen LogP) is 4.45. The Morgan fingerprint density at radius 2 is 2.30 bits per heavy atom. The first-order valence-electron chi connectivity index (χ1n) is 7.14. The van der Waals surface area contributed by atoms with E-state index in [1.807, 2.05) is 24.3 Å². The van der Waals surface area contributed by atoms with Crippen molar-refractivity contribution in [3.8, 4) is 0 Å². The maximum absolute atomic E-state index is 12.3. The van der Waals surface area contributed by atoms with Crippen LogP contribution in [-0.4, -0.2) is 16.8 Å². The third-order valence-corrected chi connectivity index (χ3v) is 5.57. The van der Waals surface area contributed by atoms with Crippen molar-refractivity contribution in [2.75, 3.05) is 5.33 Å². The maximum atomic E-state index is 12.3. The van der Waals surface area contributed by atoms with Gasteiger partial charge >= 0.3 is 0 Å². The van der Waals surface area contributed by atoms with E-state index in [0.717, 1.165) is 28.2 Å². The first-order chi connectivity index (χ1) is 9.53. The molecule has 2 unspecified atom stereocenters. The van der Waals surface area contributed by atoms with Gasteiger partial charge < -0.3 is 5.32 Å². The monoisotopic (exact) mass is 401 g/mol. The number of carbonyl (C=O) groups excluding carboxylic acids is 1. The minimum atomic E-state index is -0.0548. The third-order valence-electron chi connectivity index (χ3n) is 4.01. The quantitative estimate of drug-likeness (QED) is 0.740. The number of amides is 1. The second-order valence-electron chi connectivity index (χ2n) is 5.97. The minimum Gasteiger partial charge on any atom is -0.350 e. The summed E-state index contributed by atoms with van der Waals surface area (Å²) in [4.78, 5) is 12.3. The van der Waals surface area contributed by atoms with Crippen molar-refractivity contribution in [3.63, 3.8) is 0 Å². The molecule has 1 aliphatic rings. The zero-order valence-corrected chi connectivity index (χ0v) is 15.0. The summed E-state index contributed by atoms with van der Waals surface area (Å²) in [6.45, 7) is 2.27. The molecule has 1 aromatic carbocycles. The van der Waals surface area contributed by atoms with Gasteiger partial charge in [-0.3, -0.25) is 4.79 Å². The average Bonchev–Trinajstić information content (AvgIpc) is 2.38. The Bertz CT molecular complexity index is 477. The van der Waals surface area contributed by atoms with Crippen LogP contribution in [0.15, 0.2) is 28.7 Å². The highest BCUT2D eigenvalue weighted by atomic mass is 79.9. The Kier molecular flexibility index (Phi) is 5.67. The molecule has 20 heavy (non-hydrogen) atoms. The number of hydrogen-bond acceptors (Lipinski definition) is 1. The van der Waals surface area contributed by atoms with Crippen LogP contribution >= 0.6 is 31.9 Å². The van der Waals surface area contributed by atoms with Gasteiger partial charge in [-0.2, -0.15) is 0 Å². The molecule has 1 aromatic rings. The second-order valence-corrected chi connectivity index (χ2v) is 7.45. The van der Waals surface area contributed by atoms with E-state index in [1.54, 1.807) is 0 Å². The fourth-order valence-corrected chi connectivity index (χ4v) is 4.20. The number of benzene rings is 1. The summed E-state index contributed by atoms with van der Waals surface area (Å²) >= 11 is 7.04. The van der Waals surface area contributed by atoms with Crippen LogP contribution in [0.2, 0.25) is 0 Å². The fourth-order valence-electron chi connectivity index (χ4n) is 3.10. The zero-order chi connectivity index (χ0) is 14.6. The van der Waals surface area contributed by atoms with Gasteiger partial charge in [0.05, 0.1) is 6.42 Å². The van der Waals surface area contributed by atoms with E-state index in [0.29, 0.717) is 12.3 Å². The summed E-state index contributed by atoms with van der Waals surface area (Å²) < 4.78 is 1.02. The summed E-state index contributed by atoms with van der Waals surface area (Å²) in [6, 6.07) is 7.94. The Morgan fingerprint density at radius 3 is 2.95 bits per heavy atom. The van der Waals surface area contributed by atoms with E-state index < -0.39 is 0 Å².